The molecule has 132 valence electrons. The molecule has 0 saturated carbocycles. The average Bonchev–Trinajstić information content (AvgIpc) is 3.07. The predicted octanol–water partition coefficient (Wildman–Crippen LogP) is 2.65. The Balaban J connectivity index is 1.66. The van der Waals surface area contributed by atoms with Crippen LogP contribution < -0.4 is 16.0 Å². The van der Waals surface area contributed by atoms with Gasteiger partial charge in [0.15, 0.2) is 0 Å². The van der Waals surface area contributed by atoms with E-state index < -0.39 is 0 Å². The Morgan fingerprint density at radius 2 is 2.12 bits per heavy atom. The largest absolute Gasteiger partial charge is 0.368 e. The van der Waals surface area contributed by atoms with Crippen LogP contribution in [0.3, 0.4) is 0 Å². The van der Waals surface area contributed by atoms with E-state index in [0.717, 1.165) is 56.3 Å². The molecule has 5 heteroatoms. The van der Waals surface area contributed by atoms with Gasteiger partial charge in [-0.05, 0) is 56.7 Å². The van der Waals surface area contributed by atoms with Gasteiger partial charge in [0.1, 0.15) is 5.82 Å². The SMILES string of the molecule is CN(CCC1CCNC1)c1nc(N)nc2c1CCCc1ccccc1-2. The summed E-state index contributed by atoms with van der Waals surface area (Å²) in [5.74, 6) is 2.17. The first-order valence-electron chi connectivity index (χ1n) is 9.39. The van der Waals surface area contributed by atoms with E-state index in [0.29, 0.717) is 5.95 Å². The van der Waals surface area contributed by atoms with E-state index in [4.69, 9.17) is 5.73 Å². The van der Waals surface area contributed by atoms with E-state index in [9.17, 15) is 0 Å². The Morgan fingerprint density at radius 1 is 1.24 bits per heavy atom. The van der Waals surface area contributed by atoms with Crippen LogP contribution in [0.2, 0.25) is 0 Å². The highest BCUT2D eigenvalue weighted by Gasteiger charge is 2.23. The van der Waals surface area contributed by atoms with Crippen molar-refractivity contribution in [1.29, 1.82) is 0 Å². The summed E-state index contributed by atoms with van der Waals surface area (Å²) in [5.41, 5.74) is 11.0. The molecule has 2 aliphatic rings. The number of aryl methyl sites for hydroxylation is 1. The van der Waals surface area contributed by atoms with Crippen LogP contribution in [0.5, 0.6) is 0 Å². The molecule has 0 radical (unpaired) electrons. The van der Waals surface area contributed by atoms with E-state index in [1.165, 1.54) is 29.5 Å². The zero-order valence-electron chi connectivity index (χ0n) is 15.0. The van der Waals surface area contributed by atoms with Crippen LogP contribution in [0, 0.1) is 5.92 Å². The lowest BCUT2D eigenvalue weighted by atomic mass is 10.0. The Bertz CT molecular complexity index is 752. The van der Waals surface area contributed by atoms with Gasteiger partial charge in [0.25, 0.3) is 0 Å². The lowest BCUT2D eigenvalue weighted by Gasteiger charge is -2.24. The number of rotatable bonds is 4. The highest BCUT2D eigenvalue weighted by atomic mass is 15.2. The first-order chi connectivity index (χ1) is 12.2. The molecule has 0 amide bonds. The lowest BCUT2D eigenvalue weighted by molar-refractivity contribution is 0.532. The monoisotopic (exact) mass is 337 g/mol. The van der Waals surface area contributed by atoms with Gasteiger partial charge in [-0.25, -0.2) is 4.98 Å². The summed E-state index contributed by atoms with van der Waals surface area (Å²) in [6, 6.07) is 8.57. The minimum Gasteiger partial charge on any atom is -0.368 e. The van der Waals surface area contributed by atoms with Gasteiger partial charge in [-0.3, -0.25) is 0 Å². The minimum absolute atomic E-state index is 0.375. The highest BCUT2D eigenvalue weighted by Crippen LogP contribution is 2.35. The predicted molar refractivity (Wildman–Crippen MR) is 103 cm³/mol. The number of aromatic nitrogens is 2. The summed E-state index contributed by atoms with van der Waals surface area (Å²) < 4.78 is 0. The lowest BCUT2D eigenvalue weighted by Crippen LogP contribution is -2.25. The van der Waals surface area contributed by atoms with E-state index in [1.54, 1.807) is 0 Å². The molecule has 2 heterocycles. The van der Waals surface area contributed by atoms with E-state index in [2.05, 4.69) is 51.5 Å². The van der Waals surface area contributed by atoms with E-state index >= 15 is 0 Å². The summed E-state index contributed by atoms with van der Waals surface area (Å²) in [6.07, 6.45) is 5.70. The molecule has 0 spiro atoms. The number of hydrogen-bond acceptors (Lipinski definition) is 5. The number of nitrogens with two attached hydrogens (primary N) is 1. The fraction of sp³-hybridized carbons (Fsp3) is 0.500. The Kier molecular flexibility index (Phi) is 4.57. The first-order valence-corrected chi connectivity index (χ1v) is 9.39. The quantitative estimate of drug-likeness (QED) is 0.898. The number of anilines is 2. The van der Waals surface area contributed by atoms with Gasteiger partial charge in [0.2, 0.25) is 5.95 Å². The fourth-order valence-electron chi connectivity index (χ4n) is 4.13. The molecular weight excluding hydrogens is 310 g/mol. The summed E-state index contributed by atoms with van der Waals surface area (Å²) in [5, 5.41) is 3.45. The standard InChI is InChI=1S/C20H27N5/c1-25(12-10-14-9-11-22-13-14)19-17-8-4-6-15-5-2-3-7-16(15)18(17)23-20(21)24-19/h2-3,5,7,14,22H,4,6,8-13H2,1H3,(H2,21,23,24). The van der Waals surface area contributed by atoms with Gasteiger partial charge < -0.3 is 16.0 Å². The normalized spacial score (nSPS) is 19.2. The summed E-state index contributed by atoms with van der Waals surface area (Å²) in [7, 11) is 2.14. The third kappa shape index (κ3) is 3.33. The maximum atomic E-state index is 6.09. The van der Waals surface area contributed by atoms with Crippen LogP contribution in [0.1, 0.15) is 30.4 Å². The molecule has 3 N–H and O–H groups in total. The van der Waals surface area contributed by atoms with E-state index in [1.807, 2.05) is 0 Å². The molecule has 2 aromatic rings. The van der Waals surface area contributed by atoms with Crippen LogP contribution >= 0.6 is 0 Å². The van der Waals surface area contributed by atoms with Crippen LogP contribution in [0.15, 0.2) is 24.3 Å². The van der Waals surface area contributed by atoms with Gasteiger partial charge in [-0.15, -0.1) is 0 Å². The second-order valence-electron chi connectivity index (χ2n) is 7.31. The molecule has 1 saturated heterocycles. The molecule has 25 heavy (non-hydrogen) atoms. The number of hydrogen-bond donors (Lipinski definition) is 2. The topological polar surface area (TPSA) is 67.1 Å². The fourth-order valence-corrected chi connectivity index (χ4v) is 4.13. The molecule has 4 rings (SSSR count). The maximum absolute atomic E-state index is 6.09. The van der Waals surface area contributed by atoms with Crippen molar-refractivity contribution in [1.82, 2.24) is 15.3 Å². The van der Waals surface area contributed by atoms with Gasteiger partial charge in [0.05, 0.1) is 5.69 Å². The van der Waals surface area contributed by atoms with Gasteiger partial charge >= 0.3 is 0 Å². The molecular formula is C20H27N5. The smallest absolute Gasteiger partial charge is 0.222 e. The molecule has 1 aromatic carbocycles. The number of nitrogens with one attached hydrogen (secondary N) is 1. The molecule has 1 unspecified atom stereocenters. The third-order valence-electron chi connectivity index (χ3n) is 5.54. The third-order valence-corrected chi connectivity index (χ3v) is 5.54. The highest BCUT2D eigenvalue weighted by molar-refractivity contribution is 5.73. The van der Waals surface area contributed by atoms with Crippen molar-refractivity contribution >= 4 is 11.8 Å². The number of nitrogens with zero attached hydrogens (tertiary/aromatic N) is 3. The second-order valence-corrected chi connectivity index (χ2v) is 7.31. The maximum Gasteiger partial charge on any atom is 0.222 e. The van der Waals surface area contributed by atoms with Gasteiger partial charge in [0, 0.05) is 24.7 Å². The summed E-state index contributed by atoms with van der Waals surface area (Å²) in [6.45, 7) is 3.31. The average molecular weight is 337 g/mol. The second kappa shape index (κ2) is 7.00. The minimum atomic E-state index is 0.375. The van der Waals surface area contributed by atoms with Gasteiger partial charge in [-0.1, -0.05) is 24.3 Å². The Hall–Kier alpha value is -2.14. The molecule has 1 aromatic heterocycles. The number of fused-ring (bicyclic) bond motifs is 3. The molecule has 5 nitrogen and oxygen atoms in total. The zero-order valence-corrected chi connectivity index (χ0v) is 15.0. The molecule has 1 atom stereocenters. The molecule has 1 aliphatic carbocycles. The van der Waals surface area contributed by atoms with Crippen molar-refractivity contribution in [3.63, 3.8) is 0 Å². The van der Waals surface area contributed by atoms with Crippen molar-refractivity contribution < 1.29 is 0 Å². The van der Waals surface area contributed by atoms with Crippen LogP contribution in [-0.4, -0.2) is 36.6 Å². The first kappa shape index (κ1) is 16.3. The molecule has 0 bridgehead atoms. The number of benzene rings is 1. The van der Waals surface area contributed by atoms with Crippen molar-refractivity contribution in [3.05, 3.63) is 35.4 Å². The van der Waals surface area contributed by atoms with Crippen molar-refractivity contribution in [2.45, 2.75) is 32.1 Å². The van der Waals surface area contributed by atoms with Crippen LogP contribution in [0.25, 0.3) is 11.3 Å². The van der Waals surface area contributed by atoms with E-state index in [-0.39, 0.29) is 0 Å². The summed E-state index contributed by atoms with van der Waals surface area (Å²) >= 11 is 0. The van der Waals surface area contributed by atoms with Crippen LogP contribution in [0.4, 0.5) is 11.8 Å². The van der Waals surface area contributed by atoms with Crippen molar-refractivity contribution in [2.24, 2.45) is 5.92 Å². The Labute approximate surface area is 149 Å². The molecule has 1 aliphatic heterocycles. The van der Waals surface area contributed by atoms with Gasteiger partial charge in [-0.2, -0.15) is 4.98 Å². The number of nitrogen functional groups attached to an aromatic ring is 1. The van der Waals surface area contributed by atoms with Crippen LogP contribution in [-0.2, 0) is 12.8 Å². The zero-order chi connectivity index (χ0) is 17.2. The summed E-state index contributed by atoms with van der Waals surface area (Å²) in [4.78, 5) is 11.5. The van der Waals surface area contributed by atoms with Crippen molar-refractivity contribution in [3.8, 4) is 11.3 Å². The van der Waals surface area contributed by atoms with Crippen molar-refractivity contribution in [2.75, 3.05) is 37.3 Å². The molecule has 1 fully saturated rings. The Morgan fingerprint density at radius 3 is 2.96 bits per heavy atom.